The molecule has 1 aromatic heterocycles. The quantitative estimate of drug-likeness (QED) is 0.417. The molecule has 180 valence electrons. The number of benzene rings is 2. The molecule has 0 fully saturated rings. The van der Waals surface area contributed by atoms with Crippen molar-refractivity contribution in [3.63, 3.8) is 0 Å². The van der Waals surface area contributed by atoms with Crippen LogP contribution in [0.15, 0.2) is 65.3 Å². The van der Waals surface area contributed by atoms with Crippen molar-refractivity contribution in [2.45, 2.75) is 39.8 Å². The van der Waals surface area contributed by atoms with Gasteiger partial charge < -0.3 is 19.5 Å². The van der Waals surface area contributed by atoms with E-state index in [1.807, 2.05) is 57.1 Å². The standard InChI is InChI=1S/C27H32FN3O3/c1-5-19(6-2)27(33)31(18-24-11-8-14-34-24)17-21-16-23(12-13-25(21)30(3)4)29-26(32)20-9-7-10-22(28)15-20/h7-16,19H,5-6,17-18H2,1-4H3,(H,29,32). The van der Waals surface area contributed by atoms with Crippen LogP contribution in [0.1, 0.15) is 48.4 Å². The Morgan fingerprint density at radius 2 is 1.76 bits per heavy atom. The van der Waals surface area contributed by atoms with Crippen molar-refractivity contribution in [1.29, 1.82) is 0 Å². The number of amides is 2. The summed E-state index contributed by atoms with van der Waals surface area (Å²) in [5.41, 5.74) is 2.63. The van der Waals surface area contributed by atoms with Crippen molar-refractivity contribution >= 4 is 23.2 Å². The highest BCUT2D eigenvalue weighted by molar-refractivity contribution is 6.04. The van der Waals surface area contributed by atoms with Crippen LogP contribution in [0, 0.1) is 11.7 Å². The molecule has 34 heavy (non-hydrogen) atoms. The van der Waals surface area contributed by atoms with E-state index in [4.69, 9.17) is 4.42 Å². The zero-order chi connectivity index (χ0) is 24.7. The molecule has 0 spiro atoms. The molecule has 0 saturated carbocycles. The second kappa shape index (κ2) is 11.5. The third-order valence-electron chi connectivity index (χ3n) is 5.84. The first kappa shape index (κ1) is 25.0. The lowest BCUT2D eigenvalue weighted by Gasteiger charge is -2.28. The summed E-state index contributed by atoms with van der Waals surface area (Å²) in [6.07, 6.45) is 3.12. The molecule has 0 atom stereocenters. The van der Waals surface area contributed by atoms with Crippen LogP contribution in [0.5, 0.6) is 0 Å². The number of hydrogen-bond donors (Lipinski definition) is 1. The van der Waals surface area contributed by atoms with Gasteiger partial charge in [0, 0.05) is 43.5 Å². The number of nitrogens with one attached hydrogen (secondary N) is 1. The normalized spacial score (nSPS) is 10.9. The van der Waals surface area contributed by atoms with Crippen molar-refractivity contribution in [2.24, 2.45) is 5.92 Å². The fraction of sp³-hybridized carbons (Fsp3) is 0.333. The van der Waals surface area contributed by atoms with Crippen LogP contribution >= 0.6 is 0 Å². The first-order chi connectivity index (χ1) is 16.3. The van der Waals surface area contributed by atoms with E-state index in [2.05, 4.69) is 5.32 Å². The van der Waals surface area contributed by atoms with E-state index >= 15 is 0 Å². The van der Waals surface area contributed by atoms with Gasteiger partial charge >= 0.3 is 0 Å². The second-order valence-corrected chi connectivity index (χ2v) is 8.49. The summed E-state index contributed by atoms with van der Waals surface area (Å²) in [6.45, 7) is 4.75. The van der Waals surface area contributed by atoms with Gasteiger partial charge in [0.2, 0.25) is 5.91 Å². The molecule has 1 heterocycles. The highest BCUT2D eigenvalue weighted by Gasteiger charge is 2.24. The van der Waals surface area contributed by atoms with Crippen LogP contribution in [-0.2, 0) is 17.9 Å². The molecule has 6 nitrogen and oxygen atoms in total. The molecule has 0 bridgehead atoms. The van der Waals surface area contributed by atoms with Gasteiger partial charge in [-0.1, -0.05) is 19.9 Å². The van der Waals surface area contributed by atoms with E-state index in [0.717, 1.165) is 24.1 Å². The molecular formula is C27H32FN3O3. The van der Waals surface area contributed by atoms with Gasteiger partial charge in [0.25, 0.3) is 5.91 Å². The van der Waals surface area contributed by atoms with E-state index in [-0.39, 0.29) is 17.4 Å². The number of carbonyl (C=O) groups excluding carboxylic acids is 2. The predicted octanol–water partition coefficient (Wildman–Crippen LogP) is 5.70. The van der Waals surface area contributed by atoms with Crippen LogP contribution in [0.2, 0.25) is 0 Å². The Kier molecular flexibility index (Phi) is 8.46. The van der Waals surface area contributed by atoms with Crippen LogP contribution in [0.4, 0.5) is 15.8 Å². The zero-order valence-corrected chi connectivity index (χ0v) is 20.2. The minimum Gasteiger partial charge on any atom is -0.467 e. The Morgan fingerprint density at radius 3 is 2.38 bits per heavy atom. The summed E-state index contributed by atoms with van der Waals surface area (Å²) in [4.78, 5) is 29.8. The number of furan rings is 1. The maximum absolute atomic E-state index is 13.5. The molecule has 0 saturated heterocycles. The van der Waals surface area contributed by atoms with Crippen molar-refractivity contribution in [3.8, 4) is 0 Å². The first-order valence-electron chi connectivity index (χ1n) is 11.5. The van der Waals surface area contributed by atoms with Gasteiger partial charge in [-0.15, -0.1) is 0 Å². The molecule has 7 heteroatoms. The maximum atomic E-state index is 13.5. The Hall–Kier alpha value is -3.61. The highest BCUT2D eigenvalue weighted by atomic mass is 19.1. The van der Waals surface area contributed by atoms with E-state index in [0.29, 0.717) is 24.5 Å². The summed E-state index contributed by atoms with van der Waals surface area (Å²) < 4.78 is 19.1. The van der Waals surface area contributed by atoms with Crippen LogP contribution < -0.4 is 10.2 Å². The van der Waals surface area contributed by atoms with Gasteiger partial charge in [0.1, 0.15) is 11.6 Å². The molecule has 3 aromatic rings. The summed E-state index contributed by atoms with van der Waals surface area (Å²) in [7, 11) is 3.87. The number of carbonyl (C=O) groups is 2. The van der Waals surface area contributed by atoms with E-state index in [9.17, 15) is 14.0 Å². The number of anilines is 2. The molecular weight excluding hydrogens is 433 g/mol. The molecule has 0 aliphatic heterocycles. The molecule has 0 aliphatic rings. The van der Waals surface area contributed by atoms with E-state index in [1.165, 1.54) is 18.2 Å². The van der Waals surface area contributed by atoms with E-state index in [1.54, 1.807) is 23.3 Å². The van der Waals surface area contributed by atoms with Crippen molar-refractivity contribution in [1.82, 2.24) is 4.90 Å². The van der Waals surface area contributed by atoms with Gasteiger partial charge in [-0.3, -0.25) is 9.59 Å². The molecule has 2 amide bonds. The number of rotatable bonds is 10. The smallest absolute Gasteiger partial charge is 0.255 e. The number of nitrogens with zero attached hydrogens (tertiary/aromatic N) is 2. The van der Waals surface area contributed by atoms with Gasteiger partial charge in [0.05, 0.1) is 12.8 Å². The Labute approximate surface area is 200 Å². The third-order valence-corrected chi connectivity index (χ3v) is 5.84. The SMILES string of the molecule is CCC(CC)C(=O)N(Cc1ccco1)Cc1cc(NC(=O)c2cccc(F)c2)ccc1N(C)C. The minimum absolute atomic E-state index is 0.0697. The van der Waals surface area contributed by atoms with Crippen molar-refractivity contribution in [2.75, 3.05) is 24.3 Å². The van der Waals surface area contributed by atoms with Gasteiger partial charge in [0.15, 0.2) is 0 Å². The molecule has 1 N–H and O–H groups in total. The minimum atomic E-state index is -0.468. The maximum Gasteiger partial charge on any atom is 0.255 e. The van der Waals surface area contributed by atoms with Crippen LogP contribution in [0.25, 0.3) is 0 Å². The summed E-state index contributed by atoms with van der Waals surface area (Å²) in [5.74, 6) is -0.163. The number of halogens is 1. The topological polar surface area (TPSA) is 65.8 Å². The zero-order valence-electron chi connectivity index (χ0n) is 20.2. The Bertz CT molecular complexity index is 1110. The van der Waals surface area contributed by atoms with Crippen molar-refractivity contribution < 1.29 is 18.4 Å². The largest absolute Gasteiger partial charge is 0.467 e. The molecule has 0 radical (unpaired) electrons. The fourth-order valence-corrected chi connectivity index (χ4v) is 3.96. The molecule has 0 unspecified atom stereocenters. The Balaban J connectivity index is 1.90. The summed E-state index contributed by atoms with van der Waals surface area (Å²) in [5, 5.41) is 2.84. The lowest BCUT2D eigenvalue weighted by Crippen LogP contribution is -2.35. The van der Waals surface area contributed by atoms with Crippen molar-refractivity contribution in [3.05, 3.63) is 83.6 Å². The highest BCUT2D eigenvalue weighted by Crippen LogP contribution is 2.27. The lowest BCUT2D eigenvalue weighted by atomic mass is 10.0. The van der Waals surface area contributed by atoms with Crippen LogP contribution in [-0.4, -0.2) is 30.8 Å². The average Bonchev–Trinajstić information content (AvgIpc) is 3.32. The predicted molar refractivity (Wildman–Crippen MR) is 132 cm³/mol. The Morgan fingerprint density at radius 1 is 1.00 bits per heavy atom. The van der Waals surface area contributed by atoms with E-state index < -0.39 is 11.7 Å². The van der Waals surface area contributed by atoms with Gasteiger partial charge in [-0.25, -0.2) is 4.39 Å². The fourth-order valence-electron chi connectivity index (χ4n) is 3.96. The average molecular weight is 466 g/mol. The first-order valence-corrected chi connectivity index (χ1v) is 11.5. The van der Waals surface area contributed by atoms with Crippen LogP contribution in [0.3, 0.4) is 0 Å². The van der Waals surface area contributed by atoms with Gasteiger partial charge in [-0.2, -0.15) is 0 Å². The molecule has 3 rings (SSSR count). The number of hydrogen-bond acceptors (Lipinski definition) is 4. The summed E-state index contributed by atoms with van der Waals surface area (Å²) >= 11 is 0. The second-order valence-electron chi connectivity index (χ2n) is 8.49. The monoisotopic (exact) mass is 465 g/mol. The van der Waals surface area contributed by atoms with Gasteiger partial charge in [-0.05, 0) is 66.9 Å². The summed E-state index contributed by atoms with van der Waals surface area (Å²) in [6, 6.07) is 14.8. The third kappa shape index (κ3) is 6.25. The lowest BCUT2D eigenvalue weighted by molar-refractivity contribution is -0.137. The molecule has 2 aromatic carbocycles. The molecule has 0 aliphatic carbocycles.